The Morgan fingerprint density at radius 2 is 1.74 bits per heavy atom. The van der Waals surface area contributed by atoms with Crippen molar-refractivity contribution < 1.29 is 23.9 Å². The summed E-state index contributed by atoms with van der Waals surface area (Å²) in [6.07, 6.45) is 21.6. The fraction of sp³-hybridized carbons (Fsp3) is 0.828. The molecule has 1 N–H and O–H groups in total. The van der Waals surface area contributed by atoms with Gasteiger partial charge in [0.05, 0.1) is 5.92 Å². The summed E-state index contributed by atoms with van der Waals surface area (Å²) in [6, 6.07) is -0.661. The van der Waals surface area contributed by atoms with Crippen LogP contribution in [-0.4, -0.2) is 36.6 Å². The molecule has 0 spiro atoms. The van der Waals surface area contributed by atoms with E-state index in [1.54, 1.807) is 0 Å². The molecule has 0 bridgehead atoms. The number of nitrogens with one attached hydrogen (secondary N) is 1. The summed E-state index contributed by atoms with van der Waals surface area (Å²) >= 11 is 0. The highest BCUT2D eigenvalue weighted by Crippen LogP contribution is 2.32. The highest BCUT2D eigenvalue weighted by atomic mass is 16.6. The Morgan fingerprint density at radius 3 is 2.31 bits per heavy atom. The lowest BCUT2D eigenvalue weighted by molar-refractivity contribution is -0.190. The minimum Gasteiger partial charge on any atom is -0.461 e. The lowest BCUT2D eigenvalue weighted by Crippen LogP contribution is -2.48. The molecule has 6 nitrogen and oxygen atoms in total. The average molecular weight is 492 g/mol. The van der Waals surface area contributed by atoms with Crippen molar-refractivity contribution in [3.8, 4) is 12.3 Å². The Morgan fingerprint density at radius 1 is 1.09 bits per heavy atom. The third kappa shape index (κ3) is 12.5. The van der Waals surface area contributed by atoms with Crippen molar-refractivity contribution >= 4 is 18.3 Å². The molecule has 1 saturated heterocycles. The summed E-state index contributed by atoms with van der Waals surface area (Å²) in [4.78, 5) is 36.0. The molecule has 0 aromatic carbocycles. The first-order chi connectivity index (χ1) is 17.0. The highest BCUT2D eigenvalue weighted by Gasteiger charge is 2.43. The maximum atomic E-state index is 12.9. The third-order valence-electron chi connectivity index (χ3n) is 7.23. The van der Waals surface area contributed by atoms with Gasteiger partial charge >= 0.3 is 11.9 Å². The standard InChI is InChI=1S/C29H49NO5/c1-5-8-10-12-13-14-15-16-17-19-24(34-29(33)27(30-22-31)23(4)7-3)21-26-25(28(32)35-26)20-18-11-9-6-2/h2,22-27H,5,7-21H2,1,3-4H3,(H,30,31)/t23?,24-,25-,26-,27+/m0/s1. The van der Waals surface area contributed by atoms with Crippen molar-refractivity contribution in [2.24, 2.45) is 11.8 Å². The van der Waals surface area contributed by atoms with Gasteiger partial charge in [0.25, 0.3) is 0 Å². The average Bonchev–Trinajstić information content (AvgIpc) is 2.85. The predicted octanol–water partition coefficient (Wildman–Crippen LogP) is 6.11. The first-order valence-corrected chi connectivity index (χ1v) is 14.0. The number of unbranched alkanes of at least 4 members (excludes halogenated alkanes) is 10. The minimum absolute atomic E-state index is 0.0218. The molecule has 35 heavy (non-hydrogen) atoms. The first-order valence-electron chi connectivity index (χ1n) is 14.0. The number of amides is 1. The number of terminal acetylenes is 1. The van der Waals surface area contributed by atoms with E-state index in [0.717, 1.165) is 44.9 Å². The third-order valence-corrected chi connectivity index (χ3v) is 7.23. The van der Waals surface area contributed by atoms with Crippen LogP contribution in [0.3, 0.4) is 0 Å². The van der Waals surface area contributed by atoms with Crippen LogP contribution in [0.25, 0.3) is 0 Å². The van der Waals surface area contributed by atoms with Crippen LogP contribution in [0.2, 0.25) is 0 Å². The van der Waals surface area contributed by atoms with Crippen LogP contribution < -0.4 is 5.32 Å². The monoisotopic (exact) mass is 491 g/mol. The lowest BCUT2D eigenvalue weighted by atomic mass is 9.86. The van der Waals surface area contributed by atoms with E-state index < -0.39 is 12.0 Å². The molecule has 1 rings (SSSR count). The second-order valence-corrected chi connectivity index (χ2v) is 10.1. The molecule has 1 amide bonds. The van der Waals surface area contributed by atoms with E-state index in [4.69, 9.17) is 15.9 Å². The quantitative estimate of drug-likeness (QED) is 0.0856. The van der Waals surface area contributed by atoms with Gasteiger partial charge in [-0.3, -0.25) is 9.59 Å². The second kappa shape index (κ2) is 19.2. The van der Waals surface area contributed by atoms with Crippen LogP contribution in [-0.2, 0) is 23.9 Å². The molecule has 6 heteroatoms. The van der Waals surface area contributed by atoms with Gasteiger partial charge in [-0.1, -0.05) is 85.0 Å². The largest absolute Gasteiger partial charge is 0.461 e. The minimum atomic E-state index is -0.661. The Hall–Kier alpha value is -2.03. The summed E-state index contributed by atoms with van der Waals surface area (Å²) < 4.78 is 11.4. The summed E-state index contributed by atoms with van der Waals surface area (Å²) in [7, 11) is 0. The van der Waals surface area contributed by atoms with Gasteiger partial charge in [0.2, 0.25) is 6.41 Å². The Kier molecular flexibility index (Phi) is 17.0. The number of hydrogen-bond acceptors (Lipinski definition) is 5. The van der Waals surface area contributed by atoms with E-state index in [-0.39, 0.29) is 30.0 Å². The van der Waals surface area contributed by atoms with Crippen LogP contribution >= 0.6 is 0 Å². The van der Waals surface area contributed by atoms with Gasteiger partial charge in [-0.25, -0.2) is 4.79 Å². The molecule has 0 aliphatic carbocycles. The summed E-state index contributed by atoms with van der Waals surface area (Å²) in [6.45, 7) is 6.14. The molecule has 1 aliphatic heterocycles. The number of carbonyl (C=O) groups is 3. The van der Waals surface area contributed by atoms with Crippen molar-refractivity contribution in [1.82, 2.24) is 5.32 Å². The molecule has 0 radical (unpaired) electrons. The first kappa shape index (κ1) is 31.0. The summed E-state index contributed by atoms with van der Waals surface area (Å²) in [5.41, 5.74) is 0. The van der Waals surface area contributed by atoms with Crippen molar-refractivity contribution in [2.75, 3.05) is 0 Å². The lowest BCUT2D eigenvalue weighted by Gasteiger charge is -2.37. The Bertz CT molecular complexity index is 643. The van der Waals surface area contributed by atoms with Gasteiger partial charge in [-0.15, -0.1) is 12.3 Å². The van der Waals surface area contributed by atoms with Crippen LogP contribution in [0.4, 0.5) is 0 Å². The van der Waals surface area contributed by atoms with Crippen molar-refractivity contribution in [2.45, 2.75) is 142 Å². The molecule has 5 atom stereocenters. The van der Waals surface area contributed by atoms with Crippen LogP contribution in [0, 0.1) is 24.2 Å². The number of esters is 2. The fourth-order valence-electron chi connectivity index (χ4n) is 4.68. The van der Waals surface area contributed by atoms with E-state index in [1.165, 1.54) is 44.9 Å². The van der Waals surface area contributed by atoms with E-state index in [0.29, 0.717) is 19.3 Å². The zero-order valence-corrected chi connectivity index (χ0v) is 22.4. The van der Waals surface area contributed by atoms with E-state index in [2.05, 4.69) is 18.2 Å². The molecule has 200 valence electrons. The number of carbonyl (C=O) groups excluding carboxylic acids is 3. The summed E-state index contributed by atoms with van der Waals surface area (Å²) in [5.74, 6) is 1.91. The second-order valence-electron chi connectivity index (χ2n) is 10.1. The predicted molar refractivity (Wildman–Crippen MR) is 139 cm³/mol. The number of rotatable bonds is 22. The normalized spacial score (nSPS) is 19.5. The molecule has 1 aliphatic rings. The molecule has 0 saturated carbocycles. The van der Waals surface area contributed by atoms with Gasteiger partial charge in [0.15, 0.2) is 0 Å². The van der Waals surface area contributed by atoms with Gasteiger partial charge in [-0.05, 0) is 31.6 Å². The fourth-order valence-corrected chi connectivity index (χ4v) is 4.68. The number of ether oxygens (including phenoxy) is 2. The van der Waals surface area contributed by atoms with Gasteiger partial charge in [0.1, 0.15) is 18.2 Å². The molecular formula is C29H49NO5. The zero-order valence-electron chi connectivity index (χ0n) is 22.4. The number of cyclic esters (lactones) is 1. The van der Waals surface area contributed by atoms with Crippen molar-refractivity contribution in [1.29, 1.82) is 0 Å². The molecule has 1 unspecified atom stereocenters. The zero-order chi connectivity index (χ0) is 25.9. The van der Waals surface area contributed by atoms with Gasteiger partial charge in [-0.2, -0.15) is 0 Å². The maximum absolute atomic E-state index is 12.9. The van der Waals surface area contributed by atoms with Crippen molar-refractivity contribution in [3.05, 3.63) is 0 Å². The van der Waals surface area contributed by atoms with Gasteiger partial charge < -0.3 is 14.8 Å². The van der Waals surface area contributed by atoms with E-state index in [9.17, 15) is 14.4 Å². The van der Waals surface area contributed by atoms with Crippen LogP contribution in [0.15, 0.2) is 0 Å². The molecule has 0 aromatic rings. The maximum Gasteiger partial charge on any atom is 0.329 e. The molecule has 1 heterocycles. The van der Waals surface area contributed by atoms with E-state index in [1.807, 2.05) is 13.8 Å². The van der Waals surface area contributed by atoms with Gasteiger partial charge in [0, 0.05) is 12.8 Å². The van der Waals surface area contributed by atoms with Crippen LogP contribution in [0.1, 0.15) is 124 Å². The SMILES string of the molecule is C#CCCCC[C@@H]1C(=O)O[C@H]1C[C@H](CCCCCCCCCCC)OC(=O)[C@H](NC=O)C(C)CC. The van der Waals surface area contributed by atoms with Crippen LogP contribution in [0.5, 0.6) is 0 Å². The Balaban J connectivity index is 2.60. The number of hydrogen-bond donors (Lipinski definition) is 1. The molecular weight excluding hydrogens is 442 g/mol. The summed E-state index contributed by atoms with van der Waals surface area (Å²) in [5, 5.41) is 2.62. The highest BCUT2D eigenvalue weighted by molar-refractivity contribution is 5.79. The van der Waals surface area contributed by atoms with E-state index >= 15 is 0 Å². The molecule has 1 fully saturated rings. The topological polar surface area (TPSA) is 81.7 Å². The van der Waals surface area contributed by atoms with Crippen molar-refractivity contribution in [3.63, 3.8) is 0 Å². The smallest absolute Gasteiger partial charge is 0.329 e. The molecule has 0 aromatic heterocycles. The Labute approximate surface area is 213 Å².